The Hall–Kier alpha value is -2.57. The zero-order chi connectivity index (χ0) is 11.7. The molecular formula is C10H7FN6. The van der Waals surface area contributed by atoms with Gasteiger partial charge in [-0.05, 0) is 17.7 Å². The SMILES string of the molecule is Fc1ccc(/C=N/c2nnc3nc[nH]n23)cc1. The molecule has 0 unspecified atom stereocenters. The van der Waals surface area contributed by atoms with E-state index in [4.69, 9.17) is 0 Å². The molecule has 0 aliphatic heterocycles. The van der Waals surface area contributed by atoms with E-state index in [0.717, 1.165) is 5.56 Å². The molecule has 7 heteroatoms. The zero-order valence-corrected chi connectivity index (χ0v) is 8.58. The van der Waals surface area contributed by atoms with Crippen LogP contribution >= 0.6 is 0 Å². The third-order valence-corrected chi connectivity index (χ3v) is 2.19. The van der Waals surface area contributed by atoms with Gasteiger partial charge < -0.3 is 0 Å². The summed E-state index contributed by atoms with van der Waals surface area (Å²) in [5.41, 5.74) is 0.780. The number of benzene rings is 1. The number of hydrogen-bond acceptors (Lipinski definition) is 4. The van der Waals surface area contributed by atoms with Gasteiger partial charge >= 0.3 is 0 Å². The van der Waals surface area contributed by atoms with Crippen LogP contribution in [0.4, 0.5) is 10.3 Å². The minimum absolute atomic E-state index is 0.277. The van der Waals surface area contributed by atoms with Crippen LogP contribution in [-0.4, -0.2) is 31.0 Å². The fourth-order valence-electron chi connectivity index (χ4n) is 1.38. The molecule has 6 nitrogen and oxygen atoms in total. The summed E-state index contributed by atoms with van der Waals surface area (Å²) in [6.07, 6.45) is 3.08. The fourth-order valence-corrected chi connectivity index (χ4v) is 1.38. The number of aromatic nitrogens is 5. The molecule has 0 amide bonds. The topological polar surface area (TPSA) is 71.2 Å². The highest BCUT2D eigenvalue weighted by molar-refractivity contribution is 5.81. The summed E-state index contributed by atoms with van der Waals surface area (Å²) < 4.78 is 14.2. The molecule has 0 bridgehead atoms. The van der Waals surface area contributed by atoms with E-state index in [9.17, 15) is 4.39 Å². The highest BCUT2D eigenvalue weighted by Gasteiger charge is 2.03. The average Bonchev–Trinajstić information content (AvgIpc) is 2.91. The van der Waals surface area contributed by atoms with Gasteiger partial charge in [0.05, 0.1) is 0 Å². The normalized spacial score (nSPS) is 11.6. The third kappa shape index (κ3) is 1.78. The van der Waals surface area contributed by atoms with Crippen LogP contribution in [0.15, 0.2) is 35.6 Å². The smallest absolute Gasteiger partial charge is 0.273 e. The molecule has 0 saturated heterocycles. The molecule has 84 valence electrons. The first-order valence-electron chi connectivity index (χ1n) is 4.87. The van der Waals surface area contributed by atoms with Crippen molar-refractivity contribution < 1.29 is 4.39 Å². The summed E-state index contributed by atoms with van der Waals surface area (Å²) >= 11 is 0. The lowest BCUT2D eigenvalue weighted by molar-refractivity contribution is 0.628. The monoisotopic (exact) mass is 230 g/mol. The van der Waals surface area contributed by atoms with Crippen LogP contribution in [0.2, 0.25) is 0 Å². The first kappa shape index (κ1) is 9.64. The van der Waals surface area contributed by atoms with Gasteiger partial charge in [-0.1, -0.05) is 12.1 Å². The number of halogens is 1. The molecule has 2 heterocycles. The van der Waals surface area contributed by atoms with Gasteiger partial charge in [0.1, 0.15) is 12.1 Å². The molecule has 0 atom stereocenters. The molecular weight excluding hydrogens is 223 g/mol. The van der Waals surface area contributed by atoms with Gasteiger partial charge in [0, 0.05) is 6.21 Å². The summed E-state index contributed by atoms with van der Waals surface area (Å²) in [6, 6.07) is 6.00. The number of nitrogens with one attached hydrogen (secondary N) is 1. The van der Waals surface area contributed by atoms with Crippen molar-refractivity contribution in [2.75, 3.05) is 0 Å². The van der Waals surface area contributed by atoms with Crippen molar-refractivity contribution in [3.63, 3.8) is 0 Å². The number of rotatable bonds is 2. The maximum Gasteiger partial charge on any atom is 0.273 e. The molecule has 2 aromatic heterocycles. The number of aliphatic imine (C=N–C) groups is 1. The quantitative estimate of drug-likeness (QED) is 0.675. The third-order valence-electron chi connectivity index (χ3n) is 2.19. The Morgan fingerprint density at radius 1 is 1.24 bits per heavy atom. The van der Waals surface area contributed by atoms with E-state index in [0.29, 0.717) is 11.7 Å². The minimum Gasteiger partial charge on any atom is -0.278 e. The molecule has 0 saturated carbocycles. The summed E-state index contributed by atoms with van der Waals surface area (Å²) in [5, 5.41) is 10.5. The van der Waals surface area contributed by atoms with Crippen molar-refractivity contribution in [1.29, 1.82) is 0 Å². The molecule has 1 aromatic carbocycles. The van der Waals surface area contributed by atoms with Crippen molar-refractivity contribution in [3.05, 3.63) is 42.0 Å². The van der Waals surface area contributed by atoms with E-state index in [2.05, 4.69) is 25.3 Å². The average molecular weight is 230 g/mol. The van der Waals surface area contributed by atoms with Gasteiger partial charge in [0.25, 0.3) is 11.7 Å². The second-order valence-electron chi connectivity index (χ2n) is 3.33. The Balaban J connectivity index is 1.92. The number of aromatic amines is 1. The lowest BCUT2D eigenvalue weighted by Gasteiger charge is -1.91. The number of hydrogen-bond donors (Lipinski definition) is 1. The van der Waals surface area contributed by atoms with Crippen molar-refractivity contribution in [2.45, 2.75) is 0 Å². The first-order valence-corrected chi connectivity index (χ1v) is 4.87. The van der Waals surface area contributed by atoms with Crippen molar-refractivity contribution in [3.8, 4) is 0 Å². The summed E-state index contributed by atoms with van der Waals surface area (Å²) in [4.78, 5) is 8.05. The molecule has 0 spiro atoms. The Morgan fingerprint density at radius 3 is 2.88 bits per heavy atom. The van der Waals surface area contributed by atoms with Crippen molar-refractivity contribution in [1.82, 2.24) is 24.8 Å². The lowest BCUT2D eigenvalue weighted by Crippen LogP contribution is -1.85. The van der Waals surface area contributed by atoms with Crippen LogP contribution < -0.4 is 0 Å². The molecule has 3 rings (SSSR count). The largest absolute Gasteiger partial charge is 0.278 e. The van der Waals surface area contributed by atoms with Gasteiger partial charge in [-0.15, -0.1) is 10.2 Å². The van der Waals surface area contributed by atoms with Crippen LogP contribution in [0, 0.1) is 5.82 Å². The number of H-pyrrole nitrogens is 1. The Morgan fingerprint density at radius 2 is 2.06 bits per heavy atom. The van der Waals surface area contributed by atoms with Gasteiger partial charge in [-0.25, -0.2) is 9.38 Å². The van der Waals surface area contributed by atoms with E-state index in [1.807, 2.05) is 0 Å². The van der Waals surface area contributed by atoms with Gasteiger partial charge in [0.2, 0.25) is 0 Å². The second kappa shape index (κ2) is 3.78. The second-order valence-corrected chi connectivity index (χ2v) is 3.33. The van der Waals surface area contributed by atoms with E-state index in [1.165, 1.54) is 18.5 Å². The number of nitrogens with zero attached hydrogens (tertiary/aromatic N) is 5. The fraction of sp³-hybridized carbons (Fsp3) is 0. The molecule has 0 aliphatic rings. The van der Waals surface area contributed by atoms with Gasteiger partial charge in [-0.3, -0.25) is 5.10 Å². The molecule has 3 aromatic rings. The summed E-state index contributed by atoms with van der Waals surface area (Å²) in [5.74, 6) is 0.568. The molecule has 1 N–H and O–H groups in total. The molecule has 0 fully saturated rings. The minimum atomic E-state index is -0.277. The van der Waals surface area contributed by atoms with Crippen molar-refractivity contribution >= 4 is 17.9 Å². The number of fused-ring (bicyclic) bond motifs is 1. The van der Waals surface area contributed by atoms with Crippen LogP contribution in [0.3, 0.4) is 0 Å². The lowest BCUT2D eigenvalue weighted by atomic mass is 10.2. The first-order chi connectivity index (χ1) is 8.33. The highest BCUT2D eigenvalue weighted by Crippen LogP contribution is 2.08. The predicted molar refractivity (Wildman–Crippen MR) is 58.8 cm³/mol. The highest BCUT2D eigenvalue weighted by atomic mass is 19.1. The standard InChI is InChI=1S/C10H7FN6/c11-8-3-1-7(2-4-8)5-12-9-15-16-10-13-6-14-17(9)10/h1-6H,(H,13,14,16)/b12-5+. The maximum atomic E-state index is 12.7. The van der Waals surface area contributed by atoms with Gasteiger partial charge in [0.15, 0.2) is 0 Å². The van der Waals surface area contributed by atoms with Crippen LogP contribution in [-0.2, 0) is 0 Å². The van der Waals surface area contributed by atoms with E-state index < -0.39 is 0 Å². The molecule has 17 heavy (non-hydrogen) atoms. The Kier molecular flexibility index (Phi) is 2.14. The van der Waals surface area contributed by atoms with Crippen LogP contribution in [0.25, 0.3) is 5.78 Å². The Bertz CT molecular complexity index is 665. The van der Waals surface area contributed by atoms with E-state index >= 15 is 0 Å². The zero-order valence-electron chi connectivity index (χ0n) is 8.58. The predicted octanol–water partition coefficient (Wildman–Crippen LogP) is 1.34. The molecule has 0 aliphatic carbocycles. The molecule has 0 radical (unpaired) electrons. The van der Waals surface area contributed by atoms with Crippen molar-refractivity contribution in [2.24, 2.45) is 4.99 Å². The Labute approximate surface area is 94.8 Å². The van der Waals surface area contributed by atoms with E-state index in [1.54, 1.807) is 22.9 Å². The summed E-state index contributed by atoms with van der Waals surface area (Å²) in [6.45, 7) is 0. The summed E-state index contributed by atoms with van der Waals surface area (Å²) in [7, 11) is 0. The maximum absolute atomic E-state index is 12.7. The van der Waals surface area contributed by atoms with Gasteiger partial charge in [-0.2, -0.15) is 9.50 Å². The van der Waals surface area contributed by atoms with E-state index in [-0.39, 0.29) is 5.82 Å². The van der Waals surface area contributed by atoms with Crippen LogP contribution in [0.1, 0.15) is 5.56 Å². The van der Waals surface area contributed by atoms with Crippen LogP contribution in [0.5, 0.6) is 0 Å².